The van der Waals surface area contributed by atoms with Gasteiger partial charge >= 0.3 is 0 Å². The standard InChI is InChI=1S/C29H42O4S/c1-27(2,3)19-6-9-22(10-7-19)34(31,32)33-21-14-16-28(4)20(18-21)8-11-23-24-12-13-26(30)29(24,5)17-15-25(23)28/h6-7,9-10,20-21,23-25H,8,11-18H2,1-5H3/t20-,21?,23?,24?,25?,28?,29?/m0/s1. The maximum absolute atomic E-state index is 13.1. The van der Waals surface area contributed by atoms with Crippen molar-refractivity contribution in [3.8, 4) is 0 Å². The Morgan fingerprint density at radius 3 is 2.29 bits per heavy atom. The molecular formula is C29H42O4S. The molecule has 4 aliphatic carbocycles. The molecule has 0 radical (unpaired) electrons. The summed E-state index contributed by atoms with van der Waals surface area (Å²) in [5.41, 5.74) is 1.26. The van der Waals surface area contributed by atoms with Gasteiger partial charge in [0.2, 0.25) is 0 Å². The van der Waals surface area contributed by atoms with Crippen molar-refractivity contribution < 1.29 is 17.4 Å². The molecule has 4 fully saturated rings. The molecule has 0 saturated heterocycles. The van der Waals surface area contributed by atoms with Gasteiger partial charge in [-0.25, -0.2) is 0 Å². The first-order valence-corrected chi connectivity index (χ1v) is 14.8. The van der Waals surface area contributed by atoms with E-state index in [1.807, 2.05) is 12.1 Å². The van der Waals surface area contributed by atoms with Crippen LogP contribution in [0.1, 0.15) is 98.0 Å². The lowest BCUT2D eigenvalue weighted by Gasteiger charge is -2.60. The molecule has 4 aliphatic rings. The highest BCUT2D eigenvalue weighted by Crippen LogP contribution is 2.65. The van der Waals surface area contributed by atoms with E-state index >= 15 is 0 Å². The van der Waals surface area contributed by atoms with E-state index in [0.717, 1.165) is 56.9 Å². The molecule has 0 amide bonds. The summed E-state index contributed by atoms with van der Waals surface area (Å²) >= 11 is 0. The predicted molar refractivity (Wildman–Crippen MR) is 134 cm³/mol. The number of ketones is 1. The van der Waals surface area contributed by atoms with Crippen LogP contribution in [-0.2, 0) is 24.5 Å². The Bertz CT molecular complexity index is 1050. The SMILES string of the molecule is CC(C)(C)c1ccc(S(=O)(=O)OC2CCC3(C)C4CCC5(C)C(=O)CCC5C4CC[C@H]3C2)cc1. The lowest BCUT2D eigenvalue weighted by molar-refractivity contribution is -0.141. The van der Waals surface area contributed by atoms with E-state index in [1.165, 1.54) is 6.42 Å². The molecule has 188 valence electrons. The summed E-state index contributed by atoms with van der Waals surface area (Å²) in [7, 11) is -3.77. The maximum Gasteiger partial charge on any atom is 0.297 e. The Balaban J connectivity index is 1.28. The summed E-state index contributed by atoms with van der Waals surface area (Å²) in [6, 6.07) is 7.19. The van der Waals surface area contributed by atoms with E-state index in [2.05, 4.69) is 34.6 Å². The molecule has 5 rings (SSSR count). The van der Waals surface area contributed by atoms with Crippen LogP contribution >= 0.6 is 0 Å². The average molecular weight is 487 g/mol. The van der Waals surface area contributed by atoms with Crippen LogP contribution in [0, 0.1) is 34.5 Å². The Morgan fingerprint density at radius 2 is 1.62 bits per heavy atom. The molecule has 6 unspecified atom stereocenters. The van der Waals surface area contributed by atoms with Crippen molar-refractivity contribution >= 4 is 15.9 Å². The molecule has 0 N–H and O–H groups in total. The highest BCUT2D eigenvalue weighted by molar-refractivity contribution is 7.86. The van der Waals surface area contributed by atoms with Crippen molar-refractivity contribution in [2.45, 2.75) is 109 Å². The number of Topliss-reactive ketones (excluding diaryl/α,β-unsaturated/α-hetero) is 1. The first-order valence-electron chi connectivity index (χ1n) is 13.4. The summed E-state index contributed by atoms with van der Waals surface area (Å²) < 4.78 is 32.0. The Morgan fingerprint density at radius 1 is 0.912 bits per heavy atom. The molecule has 1 aromatic rings. The molecule has 7 atom stereocenters. The van der Waals surface area contributed by atoms with Gasteiger partial charge in [0.15, 0.2) is 0 Å². The third kappa shape index (κ3) is 3.89. The van der Waals surface area contributed by atoms with E-state index in [1.54, 1.807) is 12.1 Å². The first kappa shape index (κ1) is 24.5. The number of hydrogen-bond donors (Lipinski definition) is 0. The summed E-state index contributed by atoms with van der Waals surface area (Å²) in [4.78, 5) is 12.9. The van der Waals surface area contributed by atoms with E-state index in [0.29, 0.717) is 29.5 Å². The molecule has 5 heteroatoms. The molecule has 0 aromatic heterocycles. The van der Waals surface area contributed by atoms with Crippen LogP contribution in [0.5, 0.6) is 0 Å². The van der Waals surface area contributed by atoms with Gasteiger partial charge in [-0.05, 0) is 104 Å². The van der Waals surface area contributed by atoms with Gasteiger partial charge < -0.3 is 0 Å². The van der Waals surface area contributed by atoms with Gasteiger partial charge in [0.25, 0.3) is 10.1 Å². The molecule has 1 aromatic carbocycles. The number of fused-ring (bicyclic) bond motifs is 5. The van der Waals surface area contributed by atoms with Crippen LogP contribution in [0.25, 0.3) is 0 Å². The third-order valence-electron chi connectivity index (χ3n) is 10.6. The van der Waals surface area contributed by atoms with Crippen LogP contribution < -0.4 is 0 Å². The van der Waals surface area contributed by atoms with Gasteiger partial charge in [0.05, 0.1) is 11.0 Å². The van der Waals surface area contributed by atoms with Crippen molar-refractivity contribution in [1.82, 2.24) is 0 Å². The molecule has 0 aliphatic heterocycles. The van der Waals surface area contributed by atoms with Crippen molar-refractivity contribution in [2.75, 3.05) is 0 Å². The van der Waals surface area contributed by atoms with Crippen LogP contribution in [-0.4, -0.2) is 20.3 Å². The molecular weight excluding hydrogens is 444 g/mol. The zero-order valence-electron chi connectivity index (χ0n) is 21.6. The minimum Gasteiger partial charge on any atom is -0.299 e. The van der Waals surface area contributed by atoms with Gasteiger partial charge in [-0.1, -0.05) is 46.8 Å². The molecule has 0 spiro atoms. The smallest absolute Gasteiger partial charge is 0.297 e. The Labute approximate surface area is 206 Å². The molecule has 0 bridgehead atoms. The monoisotopic (exact) mass is 486 g/mol. The summed E-state index contributed by atoms with van der Waals surface area (Å²) in [5.74, 6) is 2.89. The van der Waals surface area contributed by atoms with Crippen LogP contribution in [0.3, 0.4) is 0 Å². The largest absolute Gasteiger partial charge is 0.299 e. The number of carbonyl (C=O) groups is 1. The molecule has 4 saturated carbocycles. The summed E-state index contributed by atoms with van der Waals surface area (Å²) in [6.07, 6.45) is 8.80. The fourth-order valence-electron chi connectivity index (χ4n) is 8.43. The minimum absolute atomic E-state index is 0.0157. The third-order valence-corrected chi connectivity index (χ3v) is 12.0. The maximum atomic E-state index is 13.1. The average Bonchev–Trinajstić information content (AvgIpc) is 3.08. The molecule has 4 nitrogen and oxygen atoms in total. The lowest BCUT2D eigenvalue weighted by Crippen LogP contribution is -2.54. The predicted octanol–water partition coefficient (Wildman–Crippen LogP) is 6.67. The zero-order valence-corrected chi connectivity index (χ0v) is 22.4. The van der Waals surface area contributed by atoms with E-state index in [4.69, 9.17) is 4.18 Å². The second-order valence-electron chi connectivity index (χ2n) is 13.3. The van der Waals surface area contributed by atoms with Gasteiger partial charge in [-0.15, -0.1) is 0 Å². The fraction of sp³-hybridized carbons (Fsp3) is 0.759. The minimum atomic E-state index is -3.77. The highest BCUT2D eigenvalue weighted by Gasteiger charge is 2.60. The molecule has 0 heterocycles. The van der Waals surface area contributed by atoms with Crippen LogP contribution in [0.15, 0.2) is 29.2 Å². The number of hydrogen-bond acceptors (Lipinski definition) is 4. The normalized spacial score (nSPS) is 40.4. The second-order valence-corrected chi connectivity index (χ2v) is 14.9. The lowest BCUT2D eigenvalue weighted by atomic mass is 9.45. The van der Waals surface area contributed by atoms with Gasteiger partial charge in [-0.3, -0.25) is 8.98 Å². The highest BCUT2D eigenvalue weighted by atomic mass is 32.2. The van der Waals surface area contributed by atoms with E-state index in [-0.39, 0.29) is 27.2 Å². The van der Waals surface area contributed by atoms with Crippen molar-refractivity contribution in [2.24, 2.45) is 34.5 Å². The number of rotatable bonds is 3. The van der Waals surface area contributed by atoms with E-state index in [9.17, 15) is 13.2 Å². The quantitative estimate of drug-likeness (QED) is 0.448. The Hall–Kier alpha value is -1.20. The topological polar surface area (TPSA) is 60.4 Å². The van der Waals surface area contributed by atoms with Gasteiger partial charge in [0.1, 0.15) is 5.78 Å². The van der Waals surface area contributed by atoms with Gasteiger partial charge in [0, 0.05) is 11.8 Å². The van der Waals surface area contributed by atoms with Crippen molar-refractivity contribution in [1.29, 1.82) is 0 Å². The van der Waals surface area contributed by atoms with Crippen molar-refractivity contribution in [3.05, 3.63) is 29.8 Å². The first-order chi connectivity index (χ1) is 15.8. The van der Waals surface area contributed by atoms with Crippen LogP contribution in [0.2, 0.25) is 0 Å². The zero-order chi connectivity index (χ0) is 24.5. The Kier molecular flexibility index (Phi) is 5.88. The summed E-state index contributed by atoms with van der Waals surface area (Å²) in [5, 5.41) is 0. The fourth-order valence-corrected chi connectivity index (χ4v) is 9.55. The number of carbonyl (C=O) groups excluding carboxylic acids is 1. The van der Waals surface area contributed by atoms with Crippen LogP contribution in [0.4, 0.5) is 0 Å². The summed E-state index contributed by atoms with van der Waals surface area (Å²) in [6.45, 7) is 11.1. The van der Waals surface area contributed by atoms with E-state index < -0.39 is 10.1 Å². The van der Waals surface area contributed by atoms with Crippen molar-refractivity contribution in [3.63, 3.8) is 0 Å². The second kappa shape index (κ2) is 8.16. The number of benzene rings is 1. The molecule has 34 heavy (non-hydrogen) atoms. The van der Waals surface area contributed by atoms with Gasteiger partial charge in [-0.2, -0.15) is 8.42 Å².